The van der Waals surface area contributed by atoms with E-state index in [4.69, 9.17) is 0 Å². The number of rotatable bonds is 6. The van der Waals surface area contributed by atoms with Gasteiger partial charge in [0.2, 0.25) is 0 Å². The van der Waals surface area contributed by atoms with Crippen molar-refractivity contribution >= 4 is 38.9 Å². The summed E-state index contributed by atoms with van der Waals surface area (Å²) in [5.74, 6) is 0.774. The Morgan fingerprint density at radius 3 is 2.45 bits per heavy atom. The highest BCUT2D eigenvalue weighted by atomic mass is 32.2. The molecule has 1 heterocycles. The molecule has 0 aromatic heterocycles. The highest BCUT2D eigenvalue weighted by Crippen LogP contribution is 2.54. The lowest BCUT2D eigenvalue weighted by molar-refractivity contribution is 0.102. The van der Waals surface area contributed by atoms with Gasteiger partial charge in [-0.1, -0.05) is 13.0 Å². The SMILES string of the molecule is CCSc1cc(N2CCC3(CC2)CC3)c(C(=O)Nc2cccc(S(C)(=O)=O)c2)cc1C. The largest absolute Gasteiger partial charge is 0.371 e. The van der Waals surface area contributed by atoms with Crippen LogP contribution in [0.3, 0.4) is 0 Å². The molecule has 2 aliphatic rings. The summed E-state index contributed by atoms with van der Waals surface area (Å²) in [7, 11) is -3.34. The summed E-state index contributed by atoms with van der Waals surface area (Å²) in [5.41, 5.74) is 3.76. The van der Waals surface area contributed by atoms with E-state index in [1.807, 2.05) is 13.0 Å². The fourth-order valence-corrected chi connectivity index (χ4v) is 5.79. The molecule has 2 fully saturated rings. The Morgan fingerprint density at radius 1 is 1.13 bits per heavy atom. The van der Waals surface area contributed by atoms with Crippen molar-refractivity contribution in [2.75, 3.05) is 35.3 Å². The maximum Gasteiger partial charge on any atom is 0.257 e. The van der Waals surface area contributed by atoms with E-state index in [0.29, 0.717) is 16.7 Å². The molecule has 1 spiro atoms. The molecule has 2 aromatic rings. The van der Waals surface area contributed by atoms with E-state index in [2.05, 4.69) is 23.2 Å². The fourth-order valence-electron chi connectivity index (χ4n) is 4.33. The number of carbonyl (C=O) groups is 1. The third-order valence-electron chi connectivity index (χ3n) is 6.48. The maximum absolute atomic E-state index is 13.3. The number of anilines is 2. The van der Waals surface area contributed by atoms with Crippen LogP contribution in [0, 0.1) is 12.3 Å². The van der Waals surface area contributed by atoms with Gasteiger partial charge in [0.05, 0.1) is 16.1 Å². The Bertz CT molecular complexity index is 1100. The second kappa shape index (κ2) is 8.51. The number of thioether (sulfide) groups is 1. The number of nitrogens with zero attached hydrogens (tertiary/aromatic N) is 1. The first kappa shape index (κ1) is 22.2. The van der Waals surface area contributed by atoms with Crippen molar-refractivity contribution in [3.05, 3.63) is 47.5 Å². The summed E-state index contributed by atoms with van der Waals surface area (Å²) < 4.78 is 23.8. The molecule has 2 aromatic carbocycles. The molecule has 1 aliphatic heterocycles. The number of nitrogens with one attached hydrogen (secondary N) is 1. The van der Waals surface area contributed by atoms with Gasteiger partial charge in [-0.25, -0.2) is 8.42 Å². The molecule has 166 valence electrons. The molecular weight excluding hydrogens is 428 g/mol. The number of amides is 1. The van der Waals surface area contributed by atoms with Gasteiger partial charge in [0.1, 0.15) is 0 Å². The van der Waals surface area contributed by atoms with Gasteiger partial charge in [-0.3, -0.25) is 4.79 Å². The molecule has 0 unspecified atom stereocenters. The smallest absolute Gasteiger partial charge is 0.257 e. The molecule has 31 heavy (non-hydrogen) atoms. The highest BCUT2D eigenvalue weighted by Gasteiger charge is 2.44. The van der Waals surface area contributed by atoms with Crippen molar-refractivity contribution in [1.82, 2.24) is 0 Å². The van der Waals surface area contributed by atoms with Crippen LogP contribution in [0.25, 0.3) is 0 Å². The predicted molar refractivity (Wildman–Crippen MR) is 128 cm³/mol. The zero-order valence-electron chi connectivity index (χ0n) is 18.4. The number of hydrogen-bond donors (Lipinski definition) is 1. The molecule has 1 saturated carbocycles. The third kappa shape index (κ3) is 4.93. The molecular formula is C24H30N2O3S2. The van der Waals surface area contributed by atoms with Crippen LogP contribution >= 0.6 is 11.8 Å². The minimum absolute atomic E-state index is 0.196. The first-order chi connectivity index (χ1) is 14.7. The van der Waals surface area contributed by atoms with Gasteiger partial charge in [0.15, 0.2) is 9.84 Å². The fraction of sp³-hybridized carbons (Fsp3) is 0.458. The van der Waals surface area contributed by atoms with Gasteiger partial charge in [-0.15, -0.1) is 11.8 Å². The van der Waals surface area contributed by atoms with Gasteiger partial charge >= 0.3 is 0 Å². The van der Waals surface area contributed by atoms with Crippen LogP contribution < -0.4 is 10.2 Å². The number of benzene rings is 2. The van der Waals surface area contributed by atoms with E-state index in [0.717, 1.165) is 30.1 Å². The molecule has 1 saturated heterocycles. The van der Waals surface area contributed by atoms with Crippen molar-refractivity contribution in [1.29, 1.82) is 0 Å². The molecule has 0 atom stereocenters. The molecule has 1 amide bonds. The molecule has 1 N–H and O–H groups in total. The van der Waals surface area contributed by atoms with E-state index in [-0.39, 0.29) is 10.8 Å². The zero-order valence-corrected chi connectivity index (χ0v) is 20.0. The van der Waals surface area contributed by atoms with Crippen LogP contribution in [0.15, 0.2) is 46.2 Å². The number of hydrogen-bond acceptors (Lipinski definition) is 5. The van der Waals surface area contributed by atoms with Gasteiger partial charge < -0.3 is 10.2 Å². The summed E-state index contributed by atoms with van der Waals surface area (Å²) in [4.78, 5) is 17.1. The Balaban J connectivity index is 1.64. The van der Waals surface area contributed by atoms with Crippen LogP contribution in [0.4, 0.5) is 11.4 Å². The Morgan fingerprint density at radius 2 is 1.84 bits per heavy atom. The lowest BCUT2D eigenvalue weighted by atomic mass is 9.92. The monoisotopic (exact) mass is 458 g/mol. The van der Waals surface area contributed by atoms with Crippen molar-refractivity contribution in [3.8, 4) is 0 Å². The van der Waals surface area contributed by atoms with Crippen molar-refractivity contribution < 1.29 is 13.2 Å². The van der Waals surface area contributed by atoms with E-state index in [1.54, 1.807) is 30.0 Å². The lowest BCUT2D eigenvalue weighted by Crippen LogP contribution is -2.35. The summed E-state index contributed by atoms with van der Waals surface area (Å²) in [6.07, 6.45) is 6.23. The second-order valence-corrected chi connectivity index (χ2v) is 12.1. The van der Waals surface area contributed by atoms with Crippen LogP contribution in [0.1, 0.15) is 48.5 Å². The number of carbonyl (C=O) groups excluding carboxylic acids is 1. The lowest BCUT2D eigenvalue weighted by Gasteiger charge is -2.35. The number of aryl methyl sites for hydroxylation is 1. The zero-order chi connectivity index (χ0) is 22.2. The quantitative estimate of drug-likeness (QED) is 0.607. The molecule has 1 aliphatic carbocycles. The second-order valence-electron chi connectivity index (χ2n) is 8.81. The maximum atomic E-state index is 13.3. The highest BCUT2D eigenvalue weighted by molar-refractivity contribution is 7.99. The van der Waals surface area contributed by atoms with Crippen molar-refractivity contribution in [3.63, 3.8) is 0 Å². The summed E-state index contributed by atoms with van der Waals surface area (Å²) in [5, 5.41) is 2.92. The minimum Gasteiger partial charge on any atom is -0.371 e. The summed E-state index contributed by atoms with van der Waals surface area (Å²) >= 11 is 1.80. The molecule has 5 nitrogen and oxygen atoms in total. The standard InChI is InChI=1S/C24H30N2O3S2/c1-4-30-22-16-21(26-12-10-24(8-9-24)11-13-26)20(14-17(22)2)23(27)25-18-6-5-7-19(15-18)31(3,28)29/h5-7,14-16H,4,8-13H2,1-3H3,(H,25,27). The van der Waals surface area contributed by atoms with Crippen molar-refractivity contribution in [2.45, 2.75) is 49.3 Å². The predicted octanol–water partition coefficient (Wildman–Crippen LogP) is 5.14. The van der Waals surface area contributed by atoms with Crippen LogP contribution in [0.5, 0.6) is 0 Å². The average molecular weight is 459 g/mol. The van der Waals surface area contributed by atoms with E-state index in [9.17, 15) is 13.2 Å². The Labute approximate surface area is 189 Å². The van der Waals surface area contributed by atoms with Crippen molar-refractivity contribution in [2.24, 2.45) is 5.41 Å². The van der Waals surface area contributed by atoms with E-state index < -0.39 is 9.84 Å². The van der Waals surface area contributed by atoms with Gasteiger partial charge in [-0.2, -0.15) is 0 Å². The van der Waals surface area contributed by atoms with Gasteiger partial charge in [-0.05, 0) is 79.7 Å². The number of sulfone groups is 1. The third-order valence-corrected chi connectivity index (χ3v) is 8.63. The van der Waals surface area contributed by atoms with E-state index >= 15 is 0 Å². The van der Waals surface area contributed by atoms with Gasteiger partial charge in [0, 0.05) is 29.9 Å². The van der Waals surface area contributed by atoms with Gasteiger partial charge in [0.25, 0.3) is 5.91 Å². The van der Waals surface area contributed by atoms with E-state index in [1.165, 1.54) is 42.9 Å². The molecule has 7 heteroatoms. The van der Waals surface area contributed by atoms with Crippen LogP contribution in [0.2, 0.25) is 0 Å². The average Bonchev–Trinajstić information content (AvgIpc) is 3.48. The van der Waals surface area contributed by atoms with Crippen LogP contribution in [-0.2, 0) is 9.84 Å². The first-order valence-electron chi connectivity index (χ1n) is 10.8. The summed E-state index contributed by atoms with van der Waals surface area (Å²) in [6.45, 7) is 6.13. The molecule has 0 bridgehead atoms. The number of piperidine rings is 1. The Hall–Kier alpha value is -1.99. The topological polar surface area (TPSA) is 66.5 Å². The summed E-state index contributed by atoms with van der Waals surface area (Å²) in [6, 6.07) is 10.6. The molecule has 4 rings (SSSR count). The normalized spacial score (nSPS) is 17.6. The first-order valence-corrected chi connectivity index (χ1v) is 13.7. The molecule has 0 radical (unpaired) electrons. The Kier molecular flexibility index (Phi) is 6.10. The van der Waals surface area contributed by atoms with Crippen LogP contribution in [-0.4, -0.2) is 39.4 Å². The minimum atomic E-state index is -3.34.